The molecule has 0 aliphatic heterocycles. The summed E-state index contributed by atoms with van der Waals surface area (Å²) in [4.78, 5) is 13.1. The highest BCUT2D eigenvalue weighted by atomic mass is 19.1. The number of rotatable bonds is 5. The Morgan fingerprint density at radius 1 is 1.14 bits per heavy atom. The van der Waals surface area contributed by atoms with Crippen LogP contribution < -0.4 is 0 Å². The van der Waals surface area contributed by atoms with E-state index in [0.29, 0.717) is 18.7 Å². The van der Waals surface area contributed by atoms with Crippen molar-refractivity contribution in [2.45, 2.75) is 20.0 Å². The van der Waals surface area contributed by atoms with Gasteiger partial charge >= 0.3 is 5.97 Å². The van der Waals surface area contributed by atoms with Crippen LogP contribution in [0.4, 0.5) is 4.39 Å². The Bertz CT molecular complexity index is 638. The van der Waals surface area contributed by atoms with E-state index < -0.39 is 11.8 Å². The summed E-state index contributed by atoms with van der Waals surface area (Å²) in [6.07, 6.45) is 0. The predicted molar refractivity (Wildman–Crippen MR) is 79.7 cm³/mol. The normalized spacial score (nSPS) is 10.9. The van der Waals surface area contributed by atoms with Crippen LogP contribution in [0.1, 0.15) is 27.0 Å². The average Bonchev–Trinajstić information content (AvgIpc) is 2.41. The number of carboxylic acid groups (broad SMARTS) is 1. The topological polar surface area (TPSA) is 40.5 Å². The molecule has 0 bridgehead atoms. The molecule has 0 atom stereocenters. The van der Waals surface area contributed by atoms with E-state index in [4.69, 9.17) is 5.11 Å². The second kappa shape index (κ2) is 6.50. The maximum absolute atomic E-state index is 13.3. The first-order valence-electron chi connectivity index (χ1n) is 6.71. The van der Waals surface area contributed by atoms with Crippen LogP contribution in [-0.2, 0) is 13.1 Å². The first-order valence-corrected chi connectivity index (χ1v) is 6.71. The van der Waals surface area contributed by atoms with E-state index in [2.05, 4.69) is 0 Å². The van der Waals surface area contributed by atoms with Crippen molar-refractivity contribution in [3.63, 3.8) is 0 Å². The Hall–Kier alpha value is -2.20. The molecule has 0 saturated carbocycles. The van der Waals surface area contributed by atoms with Gasteiger partial charge in [-0.05, 0) is 43.3 Å². The fourth-order valence-electron chi connectivity index (χ4n) is 2.25. The van der Waals surface area contributed by atoms with Crippen LogP contribution in [0.25, 0.3) is 0 Å². The van der Waals surface area contributed by atoms with Crippen LogP contribution in [0.2, 0.25) is 0 Å². The van der Waals surface area contributed by atoms with Crippen molar-refractivity contribution in [3.05, 3.63) is 70.5 Å². The molecule has 4 heteroatoms. The molecule has 2 rings (SSSR count). The second-order valence-corrected chi connectivity index (χ2v) is 5.26. The van der Waals surface area contributed by atoms with Crippen molar-refractivity contribution in [1.82, 2.24) is 4.90 Å². The predicted octanol–water partition coefficient (Wildman–Crippen LogP) is 3.46. The molecule has 0 aliphatic rings. The lowest BCUT2D eigenvalue weighted by Crippen LogP contribution is -2.19. The minimum Gasteiger partial charge on any atom is -0.478 e. The molecule has 0 saturated heterocycles. The Labute approximate surface area is 123 Å². The molecule has 0 spiro atoms. The summed E-state index contributed by atoms with van der Waals surface area (Å²) in [5, 5.41) is 9.15. The zero-order valence-electron chi connectivity index (χ0n) is 12.1. The van der Waals surface area contributed by atoms with Gasteiger partial charge in [-0.25, -0.2) is 9.18 Å². The largest absolute Gasteiger partial charge is 0.478 e. The maximum atomic E-state index is 13.3. The van der Waals surface area contributed by atoms with E-state index in [1.807, 2.05) is 43.1 Å². The quantitative estimate of drug-likeness (QED) is 0.915. The molecular formula is C17H18FNO2. The standard InChI is InChI=1S/C17H18FNO2/c1-12-3-5-13(6-4-12)10-19(2)11-14-9-15(18)7-8-16(14)17(20)21/h3-9H,10-11H2,1-2H3,(H,20,21). The number of carboxylic acids is 1. The molecule has 0 radical (unpaired) electrons. The summed E-state index contributed by atoms with van der Waals surface area (Å²) in [7, 11) is 1.89. The fraction of sp³-hybridized carbons (Fsp3) is 0.235. The van der Waals surface area contributed by atoms with Crippen molar-refractivity contribution < 1.29 is 14.3 Å². The highest BCUT2D eigenvalue weighted by Crippen LogP contribution is 2.15. The van der Waals surface area contributed by atoms with Crippen molar-refractivity contribution in [2.24, 2.45) is 0 Å². The molecule has 110 valence electrons. The van der Waals surface area contributed by atoms with E-state index in [9.17, 15) is 9.18 Å². The monoisotopic (exact) mass is 287 g/mol. The van der Waals surface area contributed by atoms with Gasteiger partial charge < -0.3 is 5.11 Å². The number of halogens is 1. The molecule has 0 aliphatic carbocycles. The van der Waals surface area contributed by atoms with Gasteiger partial charge in [0.25, 0.3) is 0 Å². The summed E-state index contributed by atoms with van der Waals surface area (Å²) in [5.74, 6) is -1.45. The van der Waals surface area contributed by atoms with E-state index >= 15 is 0 Å². The molecule has 0 heterocycles. The van der Waals surface area contributed by atoms with Crippen LogP contribution in [-0.4, -0.2) is 23.0 Å². The number of aryl methyl sites for hydroxylation is 1. The highest BCUT2D eigenvalue weighted by Gasteiger charge is 2.12. The van der Waals surface area contributed by atoms with Crippen molar-refractivity contribution in [2.75, 3.05) is 7.05 Å². The van der Waals surface area contributed by atoms with Gasteiger partial charge in [0.2, 0.25) is 0 Å². The summed E-state index contributed by atoms with van der Waals surface area (Å²) in [5.41, 5.74) is 2.96. The van der Waals surface area contributed by atoms with Gasteiger partial charge in [-0.3, -0.25) is 4.90 Å². The summed E-state index contributed by atoms with van der Waals surface area (Å²) in [6, 6.07) is 11.9. The summed E-state index contributed by atoms with van der Waals surface area (Å²) < 4.78 is 13.3. The third-order valence-electron chi connectivity index (χ3n) is 3.31. The van der Waals surface area contributed by atoms with Gasteiger partial charge in [-0.1, -0.05) is 29.8 Å². The van der Waals surface area contributed by atoms with Gasteiger partial charge in [0, 0.05) is 13.1 Å². The van der Waals surface area contributed by atoms with E-state index in [1.54, 1.807) is 0 Å². The molecule has 21 heavy (non-hydrogen) atoms. The number of nitrogens with zero attached hydrogens (tertiary/aromatic N) is 1. The number of hydrogen-bond acceptors (Lipinski definition) is 2. The Morgan fingerprint density at radius 3 is 2.43 bits per heavy atom. The minimum atomic E-state index is -1.03. The SMILES string of the molecule is Cc1ccc(CN(C)Cc2cc(F)ccc2C(=O)O)cc1. The summed E-state index contributed by atoms with van der Waals surface area (Å²) in [6.45, 7) is 3.09. The van der Waals surface area contributed by atoms with Crippen LogP contribution in [0, 0.1) is 12.7 Å². The molecule has 1 N–H and O–H groups in total. The lowest BCUT2D eigenvalue weighted by atomic mass is 10.1. The van der Waals surface area contributed by atoms with Crippen LogP contribution in [0.3, 0.4) is 0 Å². The zero-order chi connectivity index (χ0) is 15.4. The van der Waals surface area contributed by atoms with Crippen LogP contribution >= 0.6 is 0 Å². The van der Waals surface area contributed by atoms with E-state index in [-0.39, 0.29) is 5.56 Å². The van der Waals surface area contributed by atoms with Crippen molar-refractivity contribution >= 4 is 5.97 Å². The Kier molecular flexibility index (Phi) is 4.70. The molecule has 0 unspecified atom stereocenters. The first kappa shape index (κ1) is 15.2. The number of hydrogen-bond donors (Lipinski definition) is 1. The van der Waals surface area contributed by atoms with E-state index in [1.165, 1.54) is 23.8 Å². The smallest absolute Gasteiger partial charge is 0.336 e. The summed E-state index contributed by atoms with van der Waals surface area (Å²) >= 11 is 0. The molecule has 2 aromatic carbocycles. The highest BCUT2D eigenvalue weighted by molar-refractivity contribution is 5.89. The van der Waals surface area contributed by atoms with Gasteiger partial charge in [-0.2, -0.15) is 0 Å². The fourth-order valence-corrected chi connectivity index (χ4v) is 2.25. The molecule has 0 amide bonds. The zero-order valence-corrected chi connectivity index (χ0v) is 12.1. The molecule has 3 nitrogen and oxygen atoms in total. The average molecular weight is 287 g/mol. The minimum absolute atomic E-state index is 0.146. The van der Waals surface area contributed by atoms with Crippen molar-refractivity contribution in [1.29, 1.82) is 0 Å². The van der Waals surface area contributed by atoms with Crippen LogP contribution in [0.5, 0.6) is 0 Å². The second-order valence-electron chi connectivity index (χ2n) is 5.26. The van der Waals surface area contributed by atoms with Gasteiger partial charge in [0.1, 0.15) is 5.82 Å². The molecule has 0 aromatic heterocycles. The Balaban J connectivity index is 2.12. The molecular weight excluding hydrogens is 269 g/mol. The Morgan fingerprint density at radius 2 is 1.81 bits per heavy atom. The number of aromatic carboxylic acids is 1. The lowest BCUT2D eigenvalue weighted by molar-refractivity contribution is 0.0694. The van der Waals surface area contributed by atoms with E-state index in [0.717, 1.165) is 5.56 Å². The third-order valence-corrected chi connectivity index (χ3v) is 3.31. The molecule has 2 aromatic rings. The van der Waals surface area contributed by atoms with Gasteiger partial charge in [0.05, 0.1) is 5.56 Å². The number of carbonyl (C=O) groups is 1. The van der Waals surface area contributed by atoms with Gasteiger partial charge in [-0.15, -0.1) is 0 Å². The first-order chi connectivity index (χ1) is 9.95. The van der Waals surface area contributed by atoms with Gasteiger partial charge in [0.15, 0.2) is 0 Å². The maximum Gasteiger partial charge on any atom is 0.336 e. The lowest BCUT2D eigenvalue weighted by Gasteiger charge is -2.18. The number of benzene rings is 2. The van der Waals surface area contributed by atoms with Crippen LogP contribution in [0.15, 0.2) is 42.5 Å². The third kappa shape index (κ3) is 4.13. The molecule has 0 fully saturated rings. The van der Waals surface area contributed by atoms with Crippen molar-refractivity contribution in [3.8, 4) is 0 Å².